The first-order valence-electron chi connectivity index (χ1n) is 13.5. The van der Waals surface area contributed by atoms with Crippen LogP contribution in [-0.2, 0) is 20.1 Å². The first kappa shape index (κ1) is 29.7. The van der Waals surface area contributed by atoms with E-state index < -0.39 is 21.0 Å². The van der Waals surface area contributed by atoms with E-state index in [4.69, 9.17) is 20.2 Å². The number of carbonyl (C=O) groups is 1. The third-order valence-corrected chi connectivity index (χ3v) is 8.51. The lowest BCUT2D eigenvalue weighted by atomic mass is 9.84. The molecule has 0 amide bonds. The number of nitrogens with zero attached hydrogens (tertiary/aromatic N) is 3. The first-order valence-corrected chi connectivity index (χ1v) is 15.6. The van der Waals surface area contributed by atoms with Gasteiger partial charge < -0.3 is 20.5 Å². The number of nitrogens with one attached hydrogen (secondary N) is 1. The van der Waals surface area contributed by atoms with Crippen molar-refractivity contribution in [2.75, 3.05) is 17.3 Å². The number of nitrogens with two attached hydrogens (primary N) is 1. The van der Waals surface area contributed by atoms with Crippen molar-refractivity contribution < 1.29 is 22.7 Å². The second-order valence-corrected chi connectivity index (χ2v) is 13.8. The number of rotatable bonds is 10. The average Bonchev–Trinajstić information content (AvgIpc) is 2.85. The Kier molecular flexibility index (Phi) is 8.11. The Bertz CT molecular complexity index is 1540. The van der Waals surface area contributed by atoms with Crippen LogP contribution < -0.4 is 15.8 Å². The Labute approximate surface area is 236 Å². The van der Waals surface area contributed by atoms with Crippen LogP contribution in [0.25, 0.3) is 10.8 Å². The third-order valence-electron chi connectivity index (χ3n) is 7.54. The van der Waals surface area contributed by atoms with E-state index in [1.54, 1.807) is 24.5 Å². The predicted molar refractivity (Wildman–Crippen MR) is 156 cm³/mol. The van der Waals surface area contributed by atoms with Crippen molar-refractivity contribution >= 4 is 38.2 Å². The van der Waals surface area contributed by atoms with Crippen LogP contribution in [0.5, 0.6) is 5.88 Å². The van der Waals surface area contributed by atoms with Crippen molar-refractivity contribution in [1.82, 2.24) is 15.0 Å². The van der Waals surface area contributed by atoms with E-state index in [1.165, 1.54) is 6.26 Å². The summed E-state index contributed by atoms with van der Waals surface area (Å²) in [6, 6.07) is 5.34. The van der Waals surface area contributed by atoms with Crippen LogP contribution in [0.4, 0.5) is 11.6 Å². The van der Waals surface area contributed by atoms with E-state index in [-0.39, 0.29) is 23.7 Å². The van der Waals surface area contributed by atoms with Crippen molar-refractivity contribution in [3.05, 3.63) is 47.4 Å². The summed E-state index contributed by atoms with van der Waals surface area (Å²) < 4.78 is 34.9. The molecule has 1 aliphatic rings. The highest BCUT2D eigenvalue weighted by Gasteiger charge is 2.40. The average molecular weight is 570 g/mol. The van der Waals surface area contributed by atoms with Gasteiger partial charge in [0, 0.05) is 30.1 Å². The van der Waals surface area contributed by atoms with Crippen LogP contribution in [0.2, 0.25) is 0 Å². The monoisotopic (exact) mass is 569 g/mol. The fourth-order valence-corrected chi connectivity index (χ4v) is 5.66. The minimum absolute atomic E-state index is 0.0230. The highest BCUT2D eigenvalue weighted by Crippen LogP contribution is 2.39. The molecule has 3 aromatic heterocycles. The molecule has 3 aromatic rings. The Morgan fingerprint density at radius 3 is 2.60 bits per heavy atom. The number of pyridine rings is 3. The molecule has 1 aliphatic heterocycles. The van der Waals surface area contributed by atoms with E-state index in [2.05, 4.69) is 22.2 Å². The molecule has 0 saturated heterocycles. The summed E-state index contributed by atoms with van der Waals surface area (Å²) in [5, 5.41) is 4.78. The molecule has 0 radical (unpaired) electrons. The quantitative estimate of drug-likeness (QED) is 0.320. The lowest BCUT2D eigenvalue weighted by Gasteiger charge is -2.36. The van der Waals surface area contributed by atoms with Gasteiger partial charge in [0.15, 0.2) is 0 Å². The van der Waals surface area contributed by atoms with Gasteiger partial charge in [-0.3, -0.25) is 0 Å². The number of esters is 1. The maximum Gasteiger partial charge on any atom is 0.340 e. The summed E-state index contributed by atoms with van der Waals surface area (Å²) in [5.74, 6) is 1.01. The number of ether oxygens (including phenoxy) is 2. The number of hydrogen-bond donors (Lipinski definition) is 2. The zero-order valence-electron chi connectivity index (χ0n) is 24.2. The lowest BCUT2D eigenvalue weighted by Crippen LogP contribution is -2.39. The van der Waals surface area contributed by atoms with E-state index >= 15 is 0 Å². The summed E-state index contributed by atoms with van der Waals surface area (Å²) in [7, 11) is -3.11. The molecule has 4 rings (SSSR count). The predicted octanol–water partition coefficient (Wildman–Crippen LogP) is 5.00. The first-order chi connectivity index (χ1) is 18.6. The zero-order valence-corrected chi connectivity index (χ0v) is 25.1. The Hall–Kier alpha value is -3.31. The second kappa shape index (κ2) is 10.9. The number of hydrogen-bond acceptors (Lipinski definition) is 10. The van der Waals surface area contributed by atoms with Gasteiger partial charge >= 0.3 is 5.97 Å². The van der Waals surface area contributed by atoms with Gasteiger partial charge in [0.1, 0.15) is 27.1 Å². The van der Waals surface area contributed by atoms with Crippen molar-refractivity contribution in [2.24, 2.45) is 5.73 Å². The highest BCUT2D eigenvalue weighted by molar-refractivity contribution is 7.90. The number of sulfone groups is 1. The number of anilines is 2. The van der Waals surface area contributed by atoms with Gasteiger partial charge in [-0.15, -0.1) is 0 Å². The topological polar surface area (TPSA) is 146 Å². The SMILES string of the molecule is CCCC(C)(N)c1cnc(O[C@H](C)CCS(C)(=O)=O)c2cnc(Nc3ccc4c(n3)[C@@H](C)C(C)(C)OC4=O)cc12. The molecule has 0 saturated carbocycles. The Morgan fingerprint density at radius 1 is 1.20 bits per heavy atom. The molecule has 11 heteroatoms. The zero-order chi connectivity index (χ0) is 29.5. The van der Waals surface area contributed by atoms with Gasteiger partial charge in [0.2, 0.25) is 5.88 Å². The largest absolute Gasteiger partial charge is 0.474 e. The van der Waals surface area contributed by atoms with Gasteiger partial charge in [-0.1, -0.05) is 20.3 Å². The van der Waals surface area contributed by atoms with Crippen LogP contribution in [0, 0.1) is 0 Å². The fourth-order valence-electron chi connectivity index (χ4n) is 4.90. The minimum atomic E-state index is -3.11. The molecule has 3 N–H and O–H groups in total. The van der Waals surface area contributed by atoms with Gasteiger partial charge in [-0.2, -0.15) is 0 Å². The molecule has 10 nitrogen and oxygen atoms in total. The molecular formula is C29H39N5O5S. The molecule has 1 unspecified atom stereocenters. The van der Waals surface area contributed by atoms with E-state index in [1.807, 2.05) is 40.7 Å². The molecule has 0 fully saturated rings. The van der Waals surface area contributed by atoms with Gasteiger partial charge in [0.05, 0.1) is 28.5 Å². The van der Waals surface area contributed by atoms with E-state index in [0.29, 0.717) is 40.6 Å². The van der Waals surface area contributed by atoms with Crippen LogP contribution in [0.3, 0.4) is 0 Å². The standard InChI is InChI=1S/C29H39N5O5S/c1-8-12-29(6,30)22-16-32-26(38-17(2)11-13-40(7,36)37)21-15-31-24(14-20(21)22)33-23-10-9-19-25(34-23)18(3)28(4,5)39-27(19)35/h9-10,14-18H,8,11-13,30H2,1-7H3,(H,31,33,34)/t17-,18-,29?/m1/s1. The van der Waals surface area contributed by atoms with Crippen molar-refractivity contribution in [3.8, 4) is 5.88 Å². The van der Waals surface area contributed by atoms with Gasteiger partial charge in [0.25, 0.3) is 0 Å². The highest BCUT2D eigenvalue weighted by atomic mass is 32.2. The minimum Gasteiger partial charge on any atom is -0.474 e. The maximum atomic E-state index is 12.5. The molecule has 0 bridgehead atoms. The van der Waals surface area contributed by atoms with E-state index in [9.17, 15) is 13.2 Å². The van der Waals surface area contributed by atoms with Gasteiger partial charge in [-0.25, -0.2) is 28.2 Å². The fraction of sp³-hybridized carbons (Fsp3) is 0.517. The molecular weight excluding hydrogens is 530 g/mol. The summed E-state index contributed by atoms with van der Waals surface area (Å²) in [5.41, 5.74) is 7.42. The molecule has 0 aromatic carbocycles. The third kappa shape index (κ3) is 6.36. The smallest absolute Gasteiger partial charge is 0.340 e. The lowest BCUT2D eigenvalue weighted by molar-refractivity contribution is -0.0189. The Morgan fingerprint density at radius 2 is 1.93 bits per heavy atom. The molecule has 0 spiro atoms. The second-order valence-electron chi connectivity index (χ2n) is 11.6. The van der Waals surface area contributed by atoms with Crippen LogP contribution in [0.1, 0.15) is 88.3 Å². The summed E-state index contributed by atoms with van der Waals surface area (Å²) in [6.45, 7) is 11.6. The maximum absolute atomic E-state index is 12.5. The normalized spacial score (nSPS) is 18.9. The number of carbonyl (C=O) groups excluding carboxylic acids is 1. The number of cyclic esters (lactones) is 1. The van der Waals surface area contributed by atoms with Crippen LogP contribution in [-0.4, -0.2) is 53.1 Å². The molecule has 0 aliphatic carbocycles. The molecule has 3 atom stereocenters. The molecule has 40 heavy (non-hydrogen) atoms. The summed E-state index contributed by atoms with van der Waals surface area (Å²) in [6.07, 6.45) is 6.22. The number of aromatic nitrogens is 3. The summed E-state index contributed by atoms with van der Waals surface area (Å²) in [4.78, 5) is 26.4. The van der Waals surface area contributed by atoms with Gasteiger partial charge in [-0.05, 0) is 69.7 Å². The number of fused-ring (bicyclic) bond motifs is 2. The molecule has 216 valence electrons. The summed E-state index contributed by atoms with van der Waals surface area (Å²) >= 11 is 0. The van der Waals surface area contributed by atoms with Crippen LogP contribution in [0.15, 0.2) is 30.6 Å². The van der Waals surface area contributed by atoms with Crippen molar-refractivity contribution in [1.29, 1.82) is 0 Å². The van der Waals surface area contributed by atoms with E-state index in [0.717, 1.165) is 23.8 Å². The Balaban J connectivity index is 1.72. The molecule has 4 heterocycles. The van der Waals surface area contributed by atoms with Crippen LogP contribution >= 0.6 is 0 Å². The van der Waals surface area contributed by atoms with Crippen molar-refractivity contribution in [2.45, 2.75) is 84.0 Å². The van der Waals surface area contributed by atoms with Crippen molar-refractivity contribution in [3.63, 3.8) is 0 Å².